The molecule has 0 spiro atoms. The Bertz CT molecular complexity index is 223. The zero-order valence-corrected chi connectivity index (χ0v) is 14.3. The fraction of sp³-hybridized carbons (Fsp3) is 0.857. The molecule has 0 saturated heterocycles. The molecule has 0 aliphatic rings. The first kappa shape index (κ1) is 17.3. The van der Waals surface area contributed by atoms with Gasteiger partial charge in [-0.2, -0.15) is 0 Å². The third-order valence-corrected chi connectivity index (χ3v) is 4.15. The van der Waals surface area contributed by atoms with E-state index in [2.05, 4.69) is 74.7 Å². The minimum absolute atomic E-state index is 0.379. The predicted octanol–water partition coefficient (Wildman–Crippen LogP) is 2.83. The van der Waals surface area contributed by atoms with E-state index in [1.54, 1.807) is 0 Å². The molecule has 0 aliphatic carbocycles. The van der Waals surface area contributed by atoms with Crippen LogP contribution in [0.1, 0.15) is 55.4 Å². The summed E-state index contributed by atoms with van der Waals surface area (Å²) in [4.78, 5) is 4.91. The summed E-state index contributed by atoms with van der Waals surface area (Å²) in [6.07, 6.45) is 0. The molecule has 0 saturated carbocycles. The van der Waals surface area contributed by atoms with E-state index in [1.807, 2.05) is 0 Å². The van der Waals surface area contributed by atoms with Gasteiger partial charge >= 0.3 is 115 Å². The van der Waals surface area contributed by atoms with Crippen LogP contribution in [0.5, 0.6) is 0 Å². The summed E-state index contributed by atoms with van der Waals surface area (Å²) in [6.45, 7) is 18.1. The number of rotatable bonds is 6. The molecule has 3 heteroatoms. The first-order chi connectivity index (χ1) is 7.77. The Balaban J connectivity index is 4.76. The normalized spacial score (nSPS) is 12.6. The maximum atomic E-state index is 2.46. The van der Waals surface area contributed by atoms with E-state index in [-0.39, 0.29) is 0 Å². The Morgan fingerprint density at radius 2 is 0.824 bits per heavy atom. The summed E-state index contributed by atoms with van der Waals surface area (Å²) < 4.78 is 4.79. The Morgan fingerprint density at radius 1 is 0.588 bits per heavy atom. The number of hydrogen-bond acceptors (Lipinski definition) is 2. The van der Waals surface area contributed by atoms with Crippen LogP contribution in [-0.2, 0) is 16.2 Å². The number of hydrogen-bond donors (Lipinski definition) is 0. The molecule has 0 amide bonds. The summed E-state index contributed by atoms with van der Waals surface area (Å²) in [5.74, 6) is 0. The van der Waals surface area contributed by atoms with Gasteiger partial charge in [0.2, 0.25) is 0 Å². The Morgan fingerprint density at radius 3 is 1.00 bits per heavy atom. The number of nitrogens with zero attached hydrogens (tertiary/aromatic N) is 2. The average Bonchev–Trinajstić information content (AvgIpc) is 2.14. The summed E-state index contributed by atoms with van der Waals surface area (Å²) in [5.41, 5.74) is 0. The summed E-state index contributed by atoms with van der Waals surface area (Å²) in [5, 5.41) is 0. The zero-order valence-electron chi connectivity index (χ0n) is 12.7. The van der Waals surface area contributed by atoms with Gasteiger partial charge in [-0.1, -0.05) is 0 Å². The van der Waals surface area contributed by atoms with Gasteiger partial charge in [0.05, 0.1) is 0 Å². The van der Waals surface area contributed by atoms with Crippen molar-refractivity contribution in [2.45, 2.75) is 79.6 Å². The van der Waals surface area contributed by atoms with Crippen LogP contribution in [0.2, 0.25) is 0 Å². The van der Waals surface area contributed by atoms with Gasteiger partial charge in [0.15, 0.2) is 0 Å². The fourth-order valence-corrected chi connectivity index (χ4v) is 4.35. The third kappa shape index (κ3) is 6.69. The van der Waals surface area contributed by atoms with Crippen molar-refractivity contribution in [3.8, 4) is 0 Å². The van der Waals surface area contributed by atoms with Crippen molar-refractivity contribution in [2.75, 3.05) is 0 Å². The minimum atomic E-state index is 0.379. The Kier molecular flexibility index (Phi) is 8.54. The van der Waals surface area contributed by atoms with Gasteiger partial charge < -0.3 is 0 Å². The molecule has 0 heterocycles. The zero-order chi connectivity index (χ0) is 13.6. The van der Waals surface area contributed by atoms with E-state index >= 15 is 0 Å². The van der Waals surface area contributed by atoms with Gasteiger partial charge in [0.1, 0.15) is 0 Å². The summed E-state index contributed by atoms with van der Waals surface area (Å²) >= 11 is 0.379. The van der Waals surface area contributed by atoms with Crippen molar-refractivity contribution in [3.05, 3.63) is 0 Å². The van der Waals surface area contributed by atoms with Crippen LogP contribution in [0.25, 0.3) is 0 Å². The SMILES string of the molecule is CC(C)N([CH]=[Rh]=[CH]N(C(C)C)C(C)C)C(C)C. The molecule has 0 aliphatic heterocycles. The molecule has 0 aromatic carbocycles. The molecule has 105 valence electrons. The van der Waals surface area contributed by atoms with Gasteiger partial charge in [-0.3, -0.25) is 0 Å². The van der Waals surface area contributed by atoms with E-state index in [0.717, 1.165) is 0 Å². The molecule has 0 bridgehead atoms. The topological polar surface area (TPSA) is 6.48 Å². The molecule has 0 N–H and O–H groups in total. The van der Waals surface area contributed by atoms with Crippen molar-refractivity contribution in [3.63, 3.8) is 0 Å². The first-order valence-electron chi connectivity index (χ1n) is 6.55. The molecule has 0 atom stereocenters. The van der Waals surface area contributed by atoms with Crippen LogP contribution in [0.4, 0.5) is 0 Å². The van der Waals surface area contributed by atoms with Gasteiger partial charge in [0.25, 0.3) is 0 Å². The van der Waals surface area contributed by atoms with Crippen molar-refractivity contribution in [1.82, 2.24) is 9.80 Å². The van der Waals surface area contributed by atoms with Crippen LogP contribution >= 0.6 is 0 Å². The van der Waals surface area contributed by atoms with Gasteiger partial charge in [-0.15, -0.1) is 0 Å². The van der Waals surface area contributed by atoms with Gasteiger partial charge in [0, 0.05) is 0 Å². The van der Waals surface area contributed by atoms with E-state index in [1.165, 1.54) is 0 Å². The predicted molar refractivity (Wildman–Crippen MR) is 76.4 cm³/mol. The van der Waals surface area contributed by atoms with Crippen LogP contribution in [-0.4, -0.2) is 43.4 Å². The van der Waals surface area contributed by atoms with E-state index in [4.69, 9.17) is 0 Å². The molecule has 0 aromatic heterocycles. The Labute approximate surface area is 115 Å². The summed E-state index contributed by atoms with van der Waals surface area (Å²) in [6, 6.07) is 2.38. The Hall–Kier alpha value is 0.283. The molecule has 17 heavy (non-hydrogen) atoms. The van der Waals surface area contributed by atoms with Crippen molar-refractivity contribution < 1.29 is 16.2 Å². The molecule has 0 fully saturated rings. The van der Waals surface area contributed by atoms with E-state index in [0.29, 0.717) is 40.4 Å². The van der Waals surface area contributed by atoms with Crippen molar-refractivity contribution in [2.24, 2.45) is 0 Å². The first-order valence-corrected chi connectivity index (χ1v) is 8.45. The van der Waals surface area contributed by atoms with Crippen molar-refractivity contribution in [1.29, 1.82) is 0 Å². The van der Waals surface area contributed by atoms with E-state index < -0.39 is 0 Å². The molecule has 0 radical (unpaired) electrons. The standard InChI is InChI=1S/2C7H15N.Rh/c2*1-6(2)8(5)7(3)4;/h2*5-7H,1-4H3;. The monoisotopic (exact) mass is 329 g/mol. The van der Waals surface area contributed by atoms with Gasteiger partial charge in [-0.05, 0) is 0 Å². The van der Waals surface area contributed by atoms with Crippen LogP contribution in [0.3, 0.4) is 0 Å². The van der Waals surface area contributed by atoms with Crippen LogP contribution in [0.15, 0.2) is 0 Å². The quantitative estimate of drug-likeness (QED) is 0.692. The second kappa shape index (κ2) is 8.40. The molecule has 2 nitrogen and oxygen atoms in total. The second-order valence-electron chi connectivity index (χ2n) is 5.55. The molecule has 0 rings (SSSR count). The van der Waals surface area contributed by atoms with Crippen LogP contribution in [0, 0.1) is 0 Å². The summed E-state index contributed by atoms with van der Waals surface area (Å²) in [7, 11) is 0. The molecular formula is C14H30N2Rh. The second-order valence-corrected chi connectivity index (χ2v) is 6.95. The third-order valence-electron chi connectivity index (χ3n) is 2.68. The van der Waals surface area contributed by atoms with Crippen LogP contribution < -0.4 is 0 Å². The van der Waals surface area contributed by atoms with E-state index in [9.17, 15) is 0 Å². The average molecular weight is 329 g/mol. The molecule has 0 unspecified atom stereocenters. The fourth-order valence-electron chi connectivity index (χ4n) is 1.73. The van der Waals surface area contributed by atoms with Gasteiger partial charge in [-0.25, -0.2) is 0 Å². The molecular weight excluding hydrogens is 299 g/mol. The maximum absolute atomic E-state index is 2.46. The van der Waals surface area contributed by atoms with Crippen molar-refractivity contribution >= 4 is 9.47 Å². The molecule has 0 aromatic rings.